The molecule has 1 aromatic rings. The minimum absolute atomic E-state index is 0.163. The fourth-order valence-corrected chi connectivity index (χ4v) is 1.19. The van der Waals surface area contributed by atoms with E-state index in [2.05, 4.69) is 25.8 Å². The third-order valence-corrected chi connectivity index (χ3v) is 2.10. The Labute approximate surface area is 97.8 Å². The Kier molecular flexibility index (Phi) is 4.44. The average molecular weight is 241 g/mol. The van der Waals surface area contributed by atoms with Gasteiger partial charge in [-0.05, 0) is 5.92 Å². The maximum absolute atomic E-state index is 11.4. The highest BCUT2D eigenvalue weighted by Crippen LogP contribution is 2.01. The Balaban J connectivity index is 2.40. The molecule has 0 aliphatic heterocycles. The second-order valence-corrected chi connectivity index (χ2v) is 3.82. The second-order valence-electron chi connectivity index (χ2n) is 3.82. The SMILES string of the molecule is CC(C)[C@H](NC(=O)NCc1ncn[nH]1)C(=O)O. The lowest BCUT2D eigenvalue weighted by molar-refractivity contribution is -0.140. The molecular weight excluding hydrogens is 226 g/mol. The van der Waals surface area contributed by atoms with Gasteiger partial charge in [0.1, 0.15) is 18.2 Å². The van der Waals surface area contributed by atoms with Crippen molar-refractivity contribution in [3.63, 3.8) is 0 Å². The number of urea groups is 1. The molecule has 0 bridgehead atoms. The lowest BCUT2D eigenvalue weighted by Crippen LogP contribution is -2.48. The van der Waals surface area contributed by atoms with E-state index in [1.54, 1.807) is 13.8 Å². The Morgan fingerprint density at radius 1 is 1.53 bits per heavy atom. The van der Waals surface area contributed by atoms with Crippen LogP contribution in [-0.2, 0) is 11.3 Å². The number of carboxylic acids is 1. The first-order valence-corrected chi connectivity index (χ1v) is 5.12. The van der Waals surface area contributed by atoms with Crippen LogP contribution in [0.5, 0.6) is 0 Å². The molecule has 0 saturated carbocycles. The lowest BCUT2D eigenvalue weighted by Gasteiger charge is -2.17. The van der Waals surface area contributed by atoms with E-state index < -0.39 is 18.0 Å². The molecule has 0 radical (unpaired) electrons. The molecule has 2 amide bonds. The van der Waals surface area contributed by atoms with Crippen molar-refractivity contribution in [3.8, 4) is 0 Å². The standard InChI is InChI=1S/C9H15N5O3/c1-5(2)7(8(15)16)13-9(17)10-3-6-11-4-12-14-6/h4-5,7H,3H2,1-2H3,(H,15,16)(H2,10,13,17)(H,11,12,14)/t7-/m0/s1. The van der Waals surface area contributed by atoms with Crippen LogP contribution >= 0.6 is 0 Å². The van der Waals surface area contributed by atoms with E-state index in [4.69, 9.17) is 5.11 Å². The zero-order chi connectivity index (χ0) is 12.8. The predicted molar refractivity (Wildman–Crippen MR) is 58.0 cm³/mol. The number of nitrogens with zero attached hydrogens (tertiary/aromatic N) is 2. The van der Waals surface area contributed by atoms with Crippen molar-refractivity contribution in [2.75, 3.05) is 0 Å². The maximum atomic E-state index is 11.4. The summed E-state index contributed by atoms with van der Waals surface area (Å²) in [5, 5.41) is 19.9. The number of rotatable bonds is 5. The molecule has 0 saturated heterocycles. The van der Waals surface area contributed by atoms with E-state index in [1.165, 1.54) is 6.33 Å². The second kappa shape index (κ2) is 5.83. The number of aromatic nitrogens is 3. The van der Waals surface area contributed by atoms with Gasteiger partial charge < -0.3 is 15.7 Å². The van der Waals surface area contributed by atoms with Crippen LogP contribution in [0.25, 0.3) is 0 Å². The number of carbonyl (C=O) groups is 2. The summed E-state index contributed by atoms with van der Waals surface area (Å²) in [4.78, 5) is 26.1. The van der Waals surface area contributed by atoms with Gasteiger partial charge in [0, 0.05) is 0 Å². The number of hydrogen-bond acceptors (Lipinski definition) is 4. The first-order chi connectivity index (χ1) is 8.00. The highest BCUT2D eigenvalue weighted by molar-refractivity contribution is 5.82. The van der Waals surface area contributed by atoms with Gasteiger partial charge in [0.05, 0.1) is 6.54 Å². The van der Waals surface area contributed by atoms with E-state index in [9.17, 15) is 9.59 Å². The third-order valence-electron chi connectivity index (χ3n) is 2.10. The van der Waals surface area contributed by atoms with Crippen LogP contribution in [-0.4, -0.2) is 38.3 Å². The Hall–Kier alpha value is -2.12. The number of H-pyrrole nitrogens is 1. The van der Waals surface area contributed by atoms with Gasteiger partial charge in [0.25, 0.3) is 0 Å². The van der Waals surface area contributed by atoms with E-state index >= 15 is 0 Å². The van der Waals surface area contributed by atoms with Crippen molar-refractivity contribution < 1.29 is 14.7 Å². The normalized spacial score (nSPS) is 12.2. The van der Waals surface area contributed by atoms with Crippen LogP contribution in [0.1, 0.15) is 19.7 Å². The van der Waals surface area contributed by atoms with Crippen molar-refractivity contribution in [3.05, 3.63) is 12.2 Å². The Morgan fingerprint density at radius 3 is 2.71 bits per heavy atom. The largest absolute Gasteiger partial charge is 0.480 e. The van der Waals surface area contributed by atoms with Crippen molar-refractivity contribution in [1.82, 2.24) is 25.8 Å². The van der Waals surface area contributed by atoms with Crippen molar-refractivity contribution >= 4 is 12.0 Å². The fourth-order valence-electron chi connectivity index (χ4n) is 1.19. The minimum Gasteiger partial charge on any atom is -0.480 e. The molecular formula is C9H15N5O3. The molecule has 1 rings (SSSR count). The van der Waals surface area contributed by atoms with E-state index in [-0.39, 0.29) is 12.5 Å². The molecule has 0 fully saturated rings. The molecule has 8 nitrogen and oxygen atoms in total. The van der Waals surface area contributed by atoms with Crippen LogP contribution in [0.3, 0.4) is 0 Å². The van der Waals surface area contributed by atoms with E-state index in [0.717, 1.165) is 0 Å². The molecule has 0 aliphatic carbocycles. The highest BCUT2D eigenvalue weighted by Gasteiger charge is 2.23. The lowest BCUT2D eigenvalue weighted by atomic mass is 10.1. The summed E-state index contributed by atoms with van der Waals surface area (Å²) >= 11 is 0. The molecule has 1 aromatic heterocycles. The number of nitrogens with one attached hydrogen (secondary N) is 3. The summed E-state index contributed by atoms with van der Waals surface area (Å²) in [6, 6.07) is -1.47. The number of carbonyl (C=O) groups excluding carboxylic acids is 1. The van der Waals surface area contributed by atoms with E-state index in [1.807, 2.05) is 0 Å². The van der Waals surface area contributed by atoms with Crippen molar-refractivity contribution in [2.45, 2.75) is 26.4 Å². The first kappa shape index (κ1) is 12.9. The van der Waals surface area contributed by atoms with Gasteiger partial charge in [0.15, 0.2) is 0 Å². The number of hydrogen-bond donors (Lipinski definition) is 4. The molecule has 0 unspecified atom stereocenters. The molecule has 4 N–H and O–H groups in total. The third kappa shape index (κ3) is 4.09. The molecule has 0 aliphatic rings. The van der Waals surface area contributed by atoms with Gasteiger partial charge >= 0.3 is 12.0 Å². The molecule has 1 atom stereocenters. The monoisotopic (exact) mass is 241 g/mol. The number of aromatic amines is 1. The molecule has 17 heavy (non-hydrogen) atoms. The van der Waals surface area contributed by atoms with Crippen molar-refractivity contribution in [1.29, 1.82) is 0 Å². The Morgan fingerprint density at radius 2 is 2.24 bits per heavy atom. The summed E-state index contributed by atoms with van der Waals surface area (Å²) in [5.41, 5.74) is 0. The zero-order valence-electron chi connectivity index (χ0n) is 9.60. The average Bonchev–Trinajstić information content (AvgIpc) is 2.74. The predicted octanol–water partition coefficient (Wildman–Crippen LogP) is -0.287. The summed E-state index contributed by atoms with van der Waals surface area (Å²) < 4.78 is 0. The smallest absolute Gasteiger partial charge is 0.326 e. The molecule has 0 spiro atoms. The molecule has 0 aromatic carbocycles. The molecule has 8 heteroatoms. The Bertz CT molecular complexity index is 376. The fraction of sp³-hybridized carbons (Fsp3) is 0.556. The summed E-state index contributed by atoms with van der Waals surface area (Å²) in [5.74, 6) is -0.755. The van der Waals surface area contributed by atoms with Crippen LogP contribution < -0.4 is 10.6 Å². The highest BCUT2D eigenvalue weighted by atomic mass is 16.4. The number of aliphatic carboxylic acids is 1. The van der Waals surface area contributed by atoms with Gasteiger partial charge in [-0.3, -0.25) is 5.10 Å². The topological polar surface area (TPSA) is 120 Å². The quantitative estimate of drug-likeness (QED) is 0.564. The summed E-state index contributed by atoms with van der Waals surface area (Å²) in [7, 11) is 0. The van der Waals surface area contributed by atoms with Gasteiger partial charge in [0.2, 0.25) is 0 Å². The zero-order valence-corrected chi connectivity index (χ0v) is 9.60. The van der Waals surface area contributed by atoms with Crippen molar-refractivity contribution in [2.24, 2.45) is 5.92 Å². The first-order valence-electron chi connectivity index (χ1n) is 5.12. The van der Waals surface area contributed by atoms with Crippen LogP contribution in [0.15, 0.2) is 6.33 Å². The van der Waals surface area contributed by atoms with Gasteiger partial charge in [-0.2, -0.15) is 5.10 Å². The minimum atomic E-state index is -1.06. The number of carboxylic acid groups (broad SMARTS) is 1. The van der Waals surface area contributed by atoms with Crippen LogP contribution in [0.4, 0.5) is 4.79 Å². The van der Waals surface area contributed by atoms with Gasteiger partial charge in [-0.1, -0.05) is 13.8 Å². The van der Waals surface area contributed by atoms with E-state index in [0.29, 0.717) is 5.82 Å². The van der Waals surface area contributed by atoms with Gasteiger partial charge in [-0.15, -0.1) is 0 Å². The van der Waals surface area contributed by atoms with Crippen LogP contribution in [0, 0.1) is 5.92 Å². The summed E-state index contributed by atoms with van der Waals surface area (Å²) in [6.07, 6.45) is 1.32. The number of amides is 2. The van der Waals surface area contributed by atoms with Crippen LogP contribution in [0.2, 0.25) is 0 Å². The molecule has 94 valence electrons. The molecule has 1 heterocycles. The maximum Gasteiger partial charge on any atom is 0.326 e. The summed E-state index contributed by atoms with van der Waals surface area (Å²) in [6.45, 7) is 3.60. The van der Waals surface area contributed by atoms with Gasteiger partial charge in [-0.25, -0.2) is 14.6 Å².